The van der Waals surface area contributed by atoms with Crippen LogP contribution in [0.15, 0.2) is 103 Å². The van der Waals surface area contributed by atoms with Crippen LogP contribution in [0.1, 0.15) is 234 Å². The number of ether oxygens (including phenoxy) is 2. The Balaban J connectivity index is 0.000000132. The Labute approximate surface area is 682 Å². The SMILES string of the molecule is CN(C)C(=O)/C(=N\OCC(=O)O)c1nc2ccccc2n(C2C[C@H]3CCC[C@@H](C2)N3C2C[C@H]3CCC[C@@H](C2)C3)c1=O.CO/N=C(\C(=O)O)c1nc2ccccc2n(C2C[C@H]3COC[C@@H](C2)N3C2C[C@H]3CCCC[C@@H](C2)C3)c1=O.COCCO/N=C(\C(=O)O)c1nc2ccccc2n(C2C[C@H]3CCC[C@@H](C2)N3C2C[C@H]3CCC[C@@H](C2)C3)c1=O. The lowest BCUT2D eigenvalue weighted by molar-refractivity contribution is -0.142. The maximum absolute atomic E-state index is 14.2. The van der Waals surface area contributed by atoms with Crippen molar-refractivity contribution in [3.05, 3.63) is 121 Å². The van der Waals surface area contributed by atoms with Crippen LogP contribution in [-0.4, -0.2) is 220 Å². The van der Waals surface area contributed by atoms with Gasteiger partial charge in [-0.15, -0.1) is 0 Å². The van der Waals surface area contributed by atoms with E-state index in [2.05, 4.69) is 45.1 Å². The number of carboxylic acids is 3. The van der Waals surface area contributed by atoms with Crippen LogP contribution in [0.3, 0.4) is 0 Å². The average molecular weight is 1610 g/mol. The van der Waals surface area contributed by atoms with Crippen molar-refractivity contribution in [2.45, 2.75) is 272 Å². The zero-order valence-electron chi connectivity index (χ0n) is 68.3. The summed E-state index contributed by atoms with van der Waals surface area (Å²) in [6, 6.07) is 26.6. The first kappa shape index (κ1) is 81.9. The number of amides is 1. The molecule has 1 amide bonds. The maximum atomic E-state index is 14.2. The van der Waals surface area contributed by atoms with E-state index in [1.165, 1.54) is 167 Å². The number of hydrogen-bond acceptors (Lipinski definition) is 21. The van der Waals surface area contributed by atoms with E-state index >= 15 is 0 Å². The second-order valence-electron chi connectivity index (χ2n) is 36.1. The number of hydrogen-bond donors (Lipinski definition) is 3. The Morgan fingerprint density at radius 3 is 1.09 bits per heavy atom. The zero-order chi connectivity index (χ0) is 81.1. The molecule has 3 N–H and O–H groups in total. The lowest BCUT2D eigenvalue weighted by Gasteiger charge is -2.55. The van der Waals surface area contributed by atoms with E-state index in [1.807, 2.05) is 81.9 Å². The molecule has 6 aliphatic heterocycles. The van der Waals surface area contributed by atoms with Gasteiger partial charge in [0, 0.05) is 93.7 Å². The Hall–Kier alpha value is -8.83. The Morgan fingerprint density at radius 1 is 0.402 bits per heavy atom. The van der Waals surface area contributed by atoms with Gasteiger partial charge in [0.05, 0.1) is 52.9 Å². The van der Waals surface area contributed by atoms with Crippen LogP contribution in [0.4, 0.5) is 0 Å². The van der Waals surface area contributed by atoms with E-state index in [9.17, 15) is 43.8 Å². The molecule has 12 aliphatic rings. The number of morpholine rings is 1. The first-order chi connectivity index (χ1) is 56.9. The number of rotatable bonds is 20. The summed E-state index contributed by atoms with van der Waals surface area (Å²) in [5, 5.41) is 39.9. The molecular formula is C89H117N13O15. The van der Waals surface area contributed by atoms with Crippen LogP contribution in [-0.2, 0) is 43.2 Å². The van der Waals surface area contributed by atoms with Gasteiger partial charge in [0.15, 0.2) is 22.8 Å². The van der Waals surface area contributed by atoms with Gasteiger partial charge >= 0.3 is 17.9 Å². The van der Waals surface area contributed by atoms with Crippen LogP contribution in [0, 0.1) is 35.5 Å². The highest BCUT2D eigenvalue weighted by Crippen LogP contribution is 2.51. The topological polar surface area (TPSA) is 330 Å². The van der Waals surface area contributed by atoms with Gasteiger partial charge in [0.1, 0.15) is 13.7 Å². The highest BCUT2D eigenvalue weighted by atomic mass is 16.6. The van der Waals surface area contributed by atoms with Gasteiger partial charge in [0.25, 0.3) is 22.6 Å². The first-order valence-electron chi connectivity index (χ1n) is 43.7. The molecule has 18 rings (SSSR count). The summed E-state index contributed by atoms with van der Waals surface area (Å²) in [4.78, 5) is 128. The molecule has 628 valence electrons. The van der Waals surface area contributed by atoms with Crippen LogP contribution >= 0.6 is 0 Å². The first-order valence-corrected chi connectivity index (χ1v) is 43.7. The predicted octanol–water partition coefficient (Wildman–Crippen LogP) is 11.8. The van der Waals surface area contributed by atoms with Crippen molar-refractivity contribution in [3.63, 3.8) is 0 Å². The Morgan fingerprint density at radius 2 is 0.735 bits per heavy atom. The second-order valence-corrected chi connectivity index (χ2v) is 36.1. The molecule has 117 heavy (non-hydrogen) atoms. The summed E-state index contributed by atoms with van der Waals surface area (Å²) < 4.78 is 16.4. The molecule has 6 saturated heterocycles. The minimum Gasteiger partial charge on any atom is -0.479 e. The molecule has 3 aromatic carbocycles. The second kappa shape index (κ2) is 36.4. The standard InChI is InChI=1S/C31H41N5O5.C30H40N4O5.C28H36N4O5/c1-34(2)30(39)29(33-41-18-27(37)38)28-31(40)36(26-12-4-3-11-25(26)32-28)24-16-21-9-6-10-22(17-24)35(21)23-14-19-7-5-8-20(13-19)15-23;1-38-12-13-39-32-28(30(36)37)27-29(35)34(26-11-3-2-10-25(26)31-27)24-17-21-8-5-9-22(18-24)33(21)23-15-19-6-4-7-20(14-19)16-23;1-36-30-26(28(34)35)25-27(33)32(24-9-5-4-8-23(24)29-25)20-13-21-15-37-16-22(14-20)31(21)19-11-17-6-2-3-7-18(10-17)12-19/h3-4,11-12,19-24H,5-10,13-18H2,1-2H3,(H,37,38);2-3,10-11,19-24H,4-9,12-18H2,1H3,(H,36,37);4-5,8-9,17-22H,2-3,6-7,10-16H2,1H3,(H,34,35)/b33-29-;32-28-;30-26-/t2*19-,20+,21-,22+,23?,24?;17-,18+,19?,20?,21-,22+. The van der Waals surface area contributed by atoms with Gasteiger partial charge in [-0.1, -0.05) is 129 Å². The molecule has 6 saturated carbocycles. The fourth-order valence-corrected chi connectivity index (χ4v) is 24.4. The molecule has 28 heteroatoms. The maximum Gasteiger partial charge on any atom is 0.360 e. The molecule has 6 aliphatic carbocycles. The lowest BCUT2D eigenvalue weighted by atomic mass is 9.68. The highest BCUT2D eigenvalue weighted by molar-refractivity contribution is 6.44. The van der Waals surface area contributed by atoms with E-state index in [0.717, 1.165) is 103 Å². The van der Waals surface area contributed by atoms with Crippen molar-refractivity contribution >= 4 is 74.1 Å². The summed E-state index contributed by atoms with van der Waals surface area (Å²) in [6.45, 7) is 0.968. The van der Waals surface area contributed by atoms with Crippen molar-refractivity contribution < 1.29 is 58.5 Å². The third-order valence-electron chi connectivity index (χ3n) is 28.6. The van der Waals surface area contributed by atoms with Gasteiger partial charge in [0.2, 0.25) is 18.0 Å². The predicted molar refractivity (Wildman–Crippen MR) is 442 cm³/mol. The molecule has 6 aromatic rings. The number of aliphatic carboxylic acids is 3. The number of likely N-dealkylation sites (N-methyl/N-ethyl adjacent to an activating group) is 1. The number of aromatic nitrogens is 6. The number of benzene rings is 3. The number of methoxy groups -OCH3 is 1. The van der Waals surface area contributed by atoms with Gasteiger partial charge < -0.3 is 57.9 Å². The number of fused-ring (bicyclic) bond motifs is 15. The van der Waals surface area contributed by atoms with Crippen LogP contribution in [0.5, 0.6) is 0 Å². The fraction of sp³-hybridized carbons (Fsp3) is 0.652. The minimum atomic E-state index is -1.34. The number of piperidine rings is 5. The largest absolute Gasteiger partial charge is 0.479 e. The number of carbonyl (C=O) groups excluding carboxylic acids is 1. The molecule has 12 fully saturated rings. The van der Waals surface area contributed by atoms with Crippen molar-refractivity contribution in [2.75, 3.05) is 61.3 Å². The van der Waals surface area contributed by atoms with Crippen LogP contribution < -0.4 is 16.7 Å². The molecule has 6 unspecified atom stereocenters. The third-order valence-corrected chi connectivity index (χ3v) is 28.6. The van der Waals surface area contributed by atoms with E-state index in [0.29, 0.717) is 72.1 Å². The summed E-state index contributed by atoms with van der Waals surface area (Å²) >= 11 is 0. The average Bonchev–Trinajstić information content (AvgIpc) is 0.868. The molecule has 9 heterocycles. The van der Waals surface area contributed by atoms with E-state index in [-0.39, 0.29) is 71.8 Å². The number of oxime groups is 3. The van der Waals surface area contributed by atoms with E-state index < -0.39 is 53.0 Å². The normalized spacial score (nSPS) is 31.3. The summed E-state index contributed by atoms with van der Waals surface area (Å²) in [5.74, 6) is 0.714. The van der Waals surface area contributed by atoms with Crippen molar-refractivity contribution in [2.24, 2.45) is 51.0 Å². The lowest BCUT2D eigenvalue weighted by Crippen LogP contribution is -2.62. The van der Waals surface area contributed by atoms with E-state index in [4.69, 9.17) is 29.1 Å². The van der Waals surface area contributed by atoms with Gasteiger partial charge in [-0.05, 0) is 194 Å². The number of carboxylic acid groups (broad SMARTS) is 3. The van der Waals surface area contributed by atoms with E-state index in [1.54, 1.807) is 18.7 Å². The Bertz CT molecular complexity index is 4830. The van der Waals surface area contributed by atoms with Crippen molar-refractivity contribution in [1.29, 1.82) is 0 Å². The van der Waals surface area contributed by atoms with Gasteiger partial charge in [-0.25, -0.2) is 29.3 Å². The van der Waals surface area contributed by atoms with Crippen LogP contribution in [0.25, 0.3) is 33.1 Å². The molecular weight excluding hydrogens is 1490 g/mol. The molecule has 28 nitrogen and oxygen atoms in total. The third kappa shape index (κ3) is 17.5. The monoisotopic (exact) mass is 1610 g/mol. The molecule has 3 aromatic heterocycles. The Kier molecular flexibility index (Phi) is 25.5. The fourth-order valence-electron chi connectivity index (χ4n) is 24.4. The molecule has 0 radical (unpaired) electrons. The van der Waals surface area contributed by atoms with Crippen molar-refractivity contribution in [3.8, 4) is 0 Å². The molecule has 18 atom stereocenters. The summed E-state index contributed by atoms with van der Waals surface area (Å²) in [5.41, 5.74) is 1.03. The number of carbonyl (C=O) groups is 4. The number of para-hydroxylation sites is 6. The summed E-state index contributed by atoms with van der Waals surface area (Å²) in [6.07, 6.45) is 38.2. The highest BCUT2D eigenvalue weighted by Gasteiger charge is 2.50. The van der Waals surface area contributed by atoms with Gasteiger partial charge in [-0.2, -0.15) is 0 Å². The molecule has 0 spiro atoms. The quantitative estimate of drug-likeness (QED) is 0.0363. The van der Waals surface area contributed by atoms with Gasteiger partial charge in [-0.3, -0.25) is 33.9 Å². The smallest absolute Gasteiger partial charge is 0.360 e. The number of nitrogens with zero attached hydrogens (tertiary/aromatic N) is 13. The minimum absolute atomic E-state index is 0.0109. The van der Waals surface area contributed by atoms with Crippen molar-refractivity contribution in [1.82, 2.24) is 48.3 Å². The molecule has 12 bridgehead atoms. The summed E-state index contributed by atoms with van der Waals surface area (Å²) in [7, 11) is 5.88. The zero-order valence-corrected chi connectivity index (χ0v) is 68.3. The van der Waals surface area contributed by atoms with Crippen LogP contribution in [0.2, 0.25) is 0 Å².